The van der Waals surface area contributed by atoms with Crippen LogP contribution < -0.4 is 0 Å². The Morgan fingerprint density at radius 3 is 0.795 bits per heavy atom. The first-order chi connectivity index (χ1) is 36.0. The van der Waals surface area contributed by atoms with Gasteiger partial charge in [-0.05, 0) is 77.0 Å². The largest absolute Gasteiger partial charge is 0.462 e. The van der Waals surface area contributed by atoms with Crippen molar-refractivity contribution in [3.05, 3.63) is 36.5 Å². The molecule has 0 unspecified atom stereocenters. The smallest absolute Gasteiger partial charge is 0.306 e. The fraction of sp³-hybridized carbons (Fsp3) is 0.866. The highest BCUT2D eigenvalue weighted by molar-refractivity contribution is 5.71. The summed E-state index contributed by atoms with van der Waals surface area (Å²) in [6.07, 6.45) is 75.7. The van der Waals surface area contributed by atoms with Gasteiger partial charge >= 0.3 is 17.9 Å². The molecule has 0 aromatic heterocycles. The van der Waals surface area contributed by atoms with Crippen LogP contribution in [0.5, 0.6) is 0 Å². The van der Waals surface area contributed by atoms with Crippen LogP contribution in [0.1, 0.15) is 355 Å². The van der Waals surface area contributed by atoms with Crippen LogP contribution in [0.25, 0.3) is 0 Å². The van der Waals surface area contributed by atoms with Crippen LogP contribution in [0.3, 0.4) is 0 Å². The summed E-state index contributed by atoms with van der Waals surface area (Å²) in [5, 5.41) is 0. The molecule has 0 N–H and O–H groups in total. The maximum Gasteiger partial charge on any atom is 0.306 e. The first-order valence-corrected chi connectivity index (χ1v) is 32.5. The summed E-state index contributed by atoms with van der Waals surface area (Å²) in [5.41, 5.74) is 0. The molecule has 0 saturated carbocycles. The fourth-order valence-corrected chi connectivity index (χ4v) is 9.71. The molecule has 0 spiro atoms. The summed E-state index contributed by atoms with van der Waals surface area (Å²) >= 11 is 0. The van der Waals surface area contributed by atoms with E-state index in [-0.39, 0.29) is 31.1 Å². The lowest BCUT2D eigenvalue weighted by Gasteiger charge is -2.18. The minimum atomic E-state index is -0.774. The Kier molecular flexibility index (Phi) is 60.2. The summed E-state index contributed by atoms with van der Waals surface area (Å²) in [6, 6.07) is 0. The molecular weight excluding hydrogens is 901 g/mol. The Hall–Kier alpha value is -2.37. The van der Waals surface area contributed by atoms with Crippen molar-refractivity contribution in [2.45, 2.75) is 361 Å². The molecule has 0 bridgehead atoms. The first-order valence-electron chi connectivity index (χ1n) is 32.5. The summed E-state index contributed by atoms with van der Waals surface area (Å²) in [5.74, 6) is -0.854. The standard InChI is InChI=1S/C67H124O6/c1-4-7-10-13-16-19-22-25-28-31-32-33-34-37-40-43-46-49-52-55-58-61-67(70)73-64(62-71-65(68)59-56-53-50-47-44-41-38-35-29-26-23-20-17-14-11-8-5-2)63-72-66(69)60-57-54-51-48-45-42-39-36-30-27-24-21-18-15-12-9-6-3/h17,20,25-26,28-29,64H,4-16,18-19,21-24,27,30-63H2,1-3H3/b20-17-,28-25-,29-26-/t64-/m1/s1. The van der Waals surface area contributed by atoms with Gasteiger partial charge in [-0.2, -0.15) is 0 Å². The molecule has 0 aliphatic carbocycles. The van der Waals surface area contributed by atoms with E-state index in [9.17, 15) is 14.4 Å². The summed E-state index contributed by atoms with van der Waals surface area (Å²) in [4.78, 5) is 38.3. The monoisotopic (exact) mass is 1020 g/mol. The molecule has 0 amide bonds. The Balaban J connectivity index is 4.33. The lowest BCUT2D eigenvalue weighted by atomic mass is 10.0. The molecule has 1 atom stereocenters. The number of rotatable bonds is 60. The first kappa shape index (κ1) is 70.6. The zero-order chi connectivity index (χ0) is 52.9. The Morgan fingerprint density at radius 2 is 0.493 bits per heavy atom. The van der Waals surface area contributed by atoms with Crippen LogP contribution >= 0.6 is 0 Å². The third-order valence-corrected chi connectivity index (χ3v) is 14.6. The fourth-order valence-electron chi connectivity index (χ4n) is 9.71. The molecule has 0 fully saturated rings. The Bertz CT molecular complexity index is 1220. The van der Waals surface area contributed by atoms with E-state index in [1.165, 1.54) is 244 Å². The molecule has 0 aromatic carbocycles. The van der Waals surface area contributed by atoms with E-state index >= 15 is 0 Å². The predicted molar refractivity (Wildman–Crippen MR) is 316 cm³/mol. The zero-order valence-corrected chi connectivity index (χ0v) is 49.2. The third kappa shape index (κ3) is 60.4. The minimum absolute atomic E-state index is 0.0703. The number of hydrogen-bond acceptors (Lipinski definition) is 6. The normalized spacial score (nSPS) is 12.2. The van der Waals surface area contributed by atoms with Gasteiger partial charge in [0.05, 0.1) is 0 Å². The van der Waals surface area contributed by atoms with Crippen LogP contribution in [0, 0.1) is 0 Å². The van der Waals surface area contributed by atoms with Crippen LogP contribution in [0.2, 0.25) is 0 Å². The predicted octanol–water partition coefficient (Wildman–Crippen LogP) is 22.0. The summed E-state index contributed by atoms with van der Waals surface area (Å²) < 4.78 is 17.0. The molecule has 0 aromatic rings. The van der Waals surface area contributed by atoms with Crippen LogP contribution in [0.4, 0.5) is 0 Å². The summed E-state index contributed by atoms with van der Waals surface area (Å²) in [6.45, 7) is 6.67. The zero-order valence-electron chi connectivity index (χ0n) is 49.2. The Labute approximate surface area is 455 Å². The molecule has 0 heterocycles. The van der Waals surface area contributed by atoms with E-state index < -0.39 is 6.10 Å². The van der Waals surface area contributed by atoms with Gasteiger partial charge in [-0.1, -0.05) is 295 Å². The lowest BCUT2D eigenvalue weighted by molar-refractivity contribution is -0.167. The maximum atomic E-state index is 12.9. The average Bonchev–Trinajstić information content (AvgIpc) is 3.39. The molecule has 0 rings (SSSR count). The second-order valence-electron chi connectivity index (χ2n) is 22.0. The van der Waals surface area contributed by atoms with Gasteiger partial charge in [-0.3, -0.25) is 14.4 Å². The average molecular weight is 1030 g/mol. The molecule has 0 aliphatic heterocycles. The number of carbonyl (C=O) groups excluding carboxylic acids is 3. The van der Waals surface area contributed by atoms with Crippen molar-refractivity contribution in [1.82, 2.24) is 0 Å². The van der Waals surface area contributed by atoms with Crippen molar-refractivity contribution in [1.29, 1.82) is 0 Å². The second-order valence-corrected chi connectivity index (χ2v) is 22.0. The van der Waals surface area contributed by atoms with Crippen molar-refractivity contribution in [2.24, 2.45) is 0 Å². The van der Waals surface area contributed by atoms with E-state index in [4.69, 9.17) is 14.2 Å². The lowest BCUT2D eigenvalue weighted by Crippen LogP contribution is -2.30. The van der Waals surface area contributed by atoms with Crippen LogP contribution in [-0.2, 0) is 28.6 Å². The van der Waals surface area contributed by atoms with Gasteiger partial charge in [-0.25, -0.2) is 0 Å². The van der Waals surface area contributed by atoms with E-state index in [0.29, 0.717) is 19.3 Å². The van der Waals surface area contributed by atoms with Crippen molar-refractivity contribution in [3.63, 3.8) is 0 Å². The SMILES string of the molecule is CCCCC/C=C\C/C=C\CCCCCCCCCC(=O)OC[C@H](COC(=O)CCCCCCCCCCCCCCCCCCC)OC(=O)CCCCCCCCCCCCC/C=C\CCCCCCCC. The second kappa shape index (κ2) is 62.2. The molecule has 6 heteroatoms. The molecular formula is C67H124O6. The van der Waals surface area contributed by atoms with Crippen molar-refractivity contribution >= 4 is 17.9 Å². The van der Waals surface area contributed by atoms with Crippen molar-refractivity contribution in [3.8, 4) is 0 Å². The molecule has 428 valence electrons. The number of carbonyl (C=O) groups is 3. The van der Waals surface area contributed by atoms with Gasteiger partial charge in [0, 0.05) is 19.3 Å². The van der Waals surface area contributed by atoms with Gasteiger partial charge in [-0.15, -0.1) is 0 Å². The third-order valence-electron chi connectivity index (χ3n) is 14.6. The molecule has 6 nitrogen and oxygen atoms in total. The van der Waals surface area contributed by atoms with Gasteiger partial charge < -0.3 is 14.2 Å². The minimum Gasteiger partial charge on any atom is -0.462 e. The van der Waals surface area contributed by atoms with Gasteiger partial charge in [0.1, 0.15) is 13.2 Å². The number of allylic oxidation sites excluding steroid dienone is 6. The van der Waals surface area contributed by atoms with E-state index in [0.717, 1.165) is 70.6 Å². The highest BCUT2D eigenvalue weighted by atomic mass is 16.6. The molecule has 0 aliphatic rings. The summed E-state index contributed by atoms with van der Waals surface area (Å²) in [7, 11) is 0. The number of hydrogen-bond donors (Lipinski definition) is 0. The highest BCUT2D eigenvalue weighted by Gasteiger charge is 2.19. The van der Waals surface area contributed by atoms with Crippen LogP contribution in [0.15, 0.2) is 36.5 Å². The molecule has 73 heavy (non-hydrogen) atoms. The van der Waals surface area contributed by atoms with Gasteiger partial charge in [0.25, 0.3) is 0 Å². The highest BCUT2D eigenvalue weighted by Crippen LogP contribution is 2.17. The molecule has 0 radical (unpaired) electrons. The maximum absolute atomic E-state index is 12.9. The van der Waals surface area contributed by atoms with Gasteiger partial charge in [0.15, 0.2) is 6.10 Å². The van der Waals surface area contributed by atoms with Crippen molar-refractivity contribution < 1.29 is 28.6 Å². The number of unbranched alkanes of at least 4 members (excludes halogenated alkanes) is 43. The topological polar surface area (TPSA) is 78.9 Å². The number of ether oxygens (including phenoxy) is 3. The number of esters is 3. The quantitative estimate of drug-likeness (QED) is 0.0261. The molecule has 0 saturated heterocycles. The van der Waals surface area contributed by atoms with Crippen molar-refractivity contribution in [2.75, 3.05) is 13.2 Å². The van der Waals surface area contributed by atoms with E-state index in [1.807, 2.05) is 0 Å². The van der Waals surface area contributed by atoms with E-state index in [1.54, 1.807) is 0 Å². The van der Waals surface area contributed by atoms with Crippen LogP contribution in [-0.4, -0.2) is 37.2 Å². The Morgan fingerprint density at radius 1 is 0.274 bits per heavy atom. The van der Waals surface area contributed by atoms with Gasteiger partial charge in [0.2, 0.25) is 0 Å². The van der Waals surface area contributed by atoms with E-state index in [2.05, 4.69) is 57.2 Å².